The second-order valence-corrected chi connectivity index (χ2v) is 7.01. The number of nitrogens with one attached hydrogen (secondary N) is 1. The lowest BCUT2D eigenvalue weighted by Gasteiger charge is -2.45. The summed E-state index contributed by atoms with van der Waals surface area (Å²) < 4.78 is 5.00. The van der Waals surface area contributed by atoms with Crippen molar-refractivity contribution in [3.05, 3.63) is 0 Å². The Labute approximate surface area is 124 Å². The molecule has 1 aliphatic rings. The summed E-state index contributed by atoms with van der Waals surface area (Å²) in [5.74, 6) is 0.665. The van der Waals surface area contributed by atoms with Gasteiger partial charge in [0.25, 0.3) is 0 Å². The average molecular weight is 286 g/mol. The number of ether oxygens (including phenoxy) is 1. The fraction of sp³-hybridized carbons (Fsp3) is 1.00. The molecule has 0 saturated heterocycles. The number of hydrogen-bond acceptors (Lipinski definition) is 4. The van der Waals surface area contributed by atoms with Crippen molar-refractivity contribution in [1.29, 1.82) is 0 Å². The molecule has 4 heteroatoms. The van der Waals surface area contributed by atoms with Gasteiger partial charge in [-0.1, -0.05) is 27.2 Å². The van der Waals surface area contributed by atoms with Gasteiger partial charge >= 0.3 is 0 Å². The van der Waals surface area contributed by atoms with Crippen molar-refractivity contribution >= 4 is 0 Å². The molecule has 3 unspecified atom stereocenters. The highest BCUT2D eigenvalue weighted by Crippen LogP contribution is 2.39. The van der Waals surface area contributed by atoms with Crippen LogP contribution in [0.3, 0.4) is 0 Å². The van der Waals surface area contributed by atoms with Gasteiger partial charge in [0.2, 0.25) is 0 Å². The monoisotopic (exact) mass is 286 g/mol. The molecule has 4 nitrogen and oxygen atoms in total. The zero-order chi connectivity index (χ0) is 15.2. The molecule has 0 bridgehead atoms. The molecular weight excluding hydrogens is 252 g/mol. The second kappa shape index (κ2) is 8.32. The van der Waals surface area contributed by atoms with E-state index in [1.807, 2.05) is 0 Å². The molecule has 1 fully saturated rings. The van der Waals surface area contributed by atoms with E-state index in [9.17, 15) is 5.11 Å². The number of likely N-dealkylation sites (N-methyl/N-ethyl adjacent to an activating group) is 1. The molecular formula is C16H34N2O2. The predicted molar refractivity (Wildman–Crippen MR) is 84.0 cm³/mol. The van der Waals surface area contributed by atoms with Gasteiger partial charge in [-0.05, 0) is 37.8 Å². The smallest absolute Gasteiger partial charge is 0.0899 e. The Morgan fingerprint density at radius 3 is 2.75 bits per heavy atom. The minimum Gasteiger partial charge on any atom is -0.389 e. The normalized spacial score (nSPS) is 27.8. The highest BCUT2D eigenvalue weighted by atomic mass is 16.5. The molecule has 0 aromatic rings. The van der Waals surface area contributed by atoms with Gasteiger partial charge in [0.15, 0.2) is 0 Å². The minimum atomic E-state index is -0.390. The first-order chi connectivity index (χ1) is 9.40. The number of aliphatic hydroxyl groups is 1. The fourth-order valence-corrected chi connectivity index (χ4v) is 3.72. The molecule has 1 rings (SSSR count). The van der Waals surface area contributed by atoms with E-state index in [1.165, 1.54) is 19.3 Å². The maximum atomic E-state index is 9.84. The van der Waals surface area contributed by atoms with Crippen LogP contribution in [0.5, 0.6) is 0 Å². The first-order valence-corrected chi connectivity index (χ1v) is 7.99. The van der Waals surface area contributed by atoms with Crippen molar-refractivity contribution in [3.63, 3.8) is 0 Å². The summed E-state index contributed by atoms with van der Waals surface area (Å²) in [6, 6.07) is 0.572. The van der Waals surface area contributed by atoms with Crippen molar-refractivity contribution in [2.24, 2.45) is 11.3 Å². The average Bonchev–Trinajstić information content (AvgIpc) is 2.33. The number of rotatable bonds is 8. The zero-order valence-corrected chi connectivity index (χ0v) is 14.0. The van der Waals surface area contributed by atoms with E-state index in [4.69, 9.17) is 4.74 Å². The van der Waals surface area contributed by atoms with Gasteiger partial charge in [-0.25, -0.2) is 0 Å². The summed E-state index contributed by atoms with van der Waals surface area (Å²) in [6.45, 7) is 10.1. The SMILES string of the molecule is CCNC1C(CN(C)CC(O)COC)CCCC1(C)C. The lowest BCUT2D eigenvalue weighted by molar-refractivity contribution is 0.0296. The van der Waals surface area contributed by atoms with E-state index in [2.05, 4.69) is 38.0 Å². The van der Waals surface area contributed by atoms with E-state index in [1.54, 1.807) is 7.11 Å². The summed E-state index contributed by atoms with van der Waals surface area (Å²) in [6.07, 6.45) is 3.51. The Morgan fingerprint density at radius 2 is 2.15 bits per heavy atom. The van der Waals surface area contributed by atoms with Crippen LogP contribution < -0.4 is 5.32 Å². The number of hydrogen-bond donors (Lipinski definition) is 2. The van der Waals surface area contributed by atoms with Gasteiger partial charge in [0.05, 0.1) is 12.7 Å². The van der Waals surface area contributed by atoms with Gasteiger partial charge in [-0.15, -0.1) is 0 Å². The molecule has 0 aliphatic heterocycles. The maximum Gasteiger partial charge on any atom is 0.0899 e. The summed E-state index contributed by atoms with van der Waals surface area (Å²) in [7, 11) is 3.73. The van der Waals surface area contributed by atoms with Gasteiger partial charge < -0.3 is 20.1 Å². The van der Waals surface area contributed by atoms with Gasteiger partial charge in [0, 0.05) is 26.2 Å². The van der Waals surface area contributed by atoms with Crippen molar-refractivity contribution < 1.29 is 9.84 Å². The van der Waals surface area contributed by atoms with E-state index in [0.29, 0.717) is 30.5 Å². The Balaban J connectivity index is 2.54. The highest BCUT2D eigenvalue weighted by molar-refractivity contribution is 4.94. The summed E-state index contributed by atoms with van der Waals surface area (Å²) in [4.78, 5) is 2.25. The lowest BCUT2D eigenvalue weighted by atomic mass is 9.67. The molecule has 0 heterocycles. The van der Waals surface area contributed by atoms with Crippen LogP contribution in [0.15, 0.2) is 0 Å². The molecule has 1 saturated carbocycles. The Bertz CT molecular complexity index is 271. The molecule has 20 heavy (non-hydrogen) atoms. The molecule has 3 atom stereocenters. The molecule has 2 N–H and O–H groups in total. The molecule has 120 valence electrons. The van der Waals surface area contributed by atoms with E-state index in [-0.39, 0.29) is 6.10 Å². The van der Waals surface area contributed by atoms with Crippen LogP contribution in [0.4, 0.5) is 0 Å². The van der Waals surface area contributed by atoms with Crippen LogP contribution in [-0.2, 0) is 4.74 Å². The molecule has 0 aromatic carbocycles. The number of aliphatic hydroxyl groups excluding tert-OH is 1. The Hall–Kier alpha value is -0.160. The molecule has 0 radical (unpaired) electrons. The summed E-state index contributed by atoms with van der Waals surface area (Å²) in [5, 5.41) is 13.5. The van der Waals surface area contributed by atoms with Crippen molar-refractivity contribution in [1.82, 2.24) is 10.2 Å². The summed E-state index contributed by atoms with van der Waals surface area (Å²) >= 11 is 0. The van der Waals surface area contributed by atoms with Crippen LogP contribution in [0.1, 0.15) is 40.0 Å². The second-order valence-electron chi connectivity index (χ2n) is 7.01. The lowest BCUT2D eigenvalue weighted by Crippen LogP contribution is -2.53. The third-order valence-corrected chi connectivity index (χ3v) is 4.56. The van der Waals surface area contributed by atoms with Crippen LogP contribution in [0, 0.1) is 11.3 Å². The van der Waals surface area contributed by atoms with Crippen molar-refractivity contribution in [3.8, 4) is 0 Å². The maximum absolute atomic E-state index is 9.84. The summed E-state index contributed by atoms with van der Waals surface area (Å²) in [5.41, 5.74) is 0.366. The molecule has 0 spiro atoms. The Morgan fingerprint density at radius 1 is 1.45 bits per heavy atom. The number of nitrogens with zero attached hydrogens (tertiary/aromatic N) is 1. The number of methoxy groups -OCH3 is 1. The highest BCUT2D eigenvalue weighted by Gasteiger charge is 2.38. The molecule has 1 aliphatic carbocycles. The standard InChI is InChI=1S/C16H34N2O2/c1-6-17-15-13(8-7-9-16(15,2)3)10-18(4)11-14(19)12-20-5/h13-15,17,19H,6-12H2,1-5H3. The fourth-order valence-electron chi connectivity index (χ4n) is 3.72. The molecule has 0 aromatic heterocycles. The van der Waals surface area contributed by atoms with Crippen LogP contribution >= 0.6 is 0 Å². The van der Waals surface area contributed by atoms with Crippen LogP contribution in [0.25, 0.3) is 0 Å². The van der Waals surface area contributed by atoms with E-state index >= 15 is 0 Å². The van der Waals surface area contributed by atoms with E-state index in [0.717, 1.165) is 13.1 Å². The third-order valence-electron chi connectivity index (χ3n) is 4.56. The first kappa shape index (κ1) is 17.9. The quantitative estimate of drug-likeness (QED) is 0.713. The minimum absolute atomic E-state index is 0.366. The Kier molecular flexibility index (Phi) is 7.45. The van der Waals surface area contributed by atoms with Crippen LogP contribution in [0.2, 0.25) is 0 Å². The van der Waals surface area contributed by atoms with Crippen molar-refractivity contribution in [2.45, 2.75) is 52.2 Å². The third kappa shape index (κ3) is 5.32. The van der Waals surface area contributed by atoms with E-state index < -0.39 is 0 Å². The van der Waals surface area contributed by atoms with Crippen molar-refractivity contribution in [2.75, 3.05) is 40.4 Å². The van der Waals surface area contributed by atoms with Gasteiger partial charge in [-0.2, -0.15) is 0 Å². The first-order valence-electron chi connectivity index (χ1n) is 7.99. The molecule has 0 amide bonds. The van der Waals surface area contributed by atoms with Crippen LogP contribution in [-0.4, -0.2) is 62.6 Å². The zero-order valence-electron chi connectivity index (χ0n) is 14.0. The van der Waals surface area contributed by atoms with Gasteiger partial charge in [0.1, 0.15) is 0 Å². The van der Waals surface area contributed by atoms with Gasteiger partial charge in [-0.3, -0.25) is 0 Å². The topological polar surface area (TPSA) is 44.7 Å². The largest absolute Gasteiger partial charge is 0.389 e. The predicted octanol–water partition coefficient (Wildman–Crippen LogP) is 1.73.